The first kappa shape index (κ1) is 37.8. The lowest BCUT2D eigenvalue weighted by atomic mass is 9.90. The predicted molar refractivity (Wildman–Crippen MR) is 178 cm³/mol. The molecule has 1 heterocycles. The number of hydrogen-bond donors (Lipinski definition) is 5. The highest BCUT2D eigenvalue weighted by atomic mass is 32.2. The number of aliphatic hydroxyl groups excluding tert-OH is 2. The molecular weight excluding hydrogens is 608 g/mol. The number of thioether (sulfide) groups is 1. The summed E-state index contributed by atoms with van der Waals surface area (Å²) in [6, 6.07) is 9.18. The average Bonchev–Trinajstić information content (AvgIpc) is 3.60. The van der Waals surface area contributed by atoms with Crippen LogP contribution in [0.2, 0.25) is 0 Å². The van der Waals surface area contributed by atoms with E-state index in [2.05, 4.69) is 36.1 Å². The van der Waals surface area contributed by atoms with Crippen LogP contribution in [0.3, 0.4) is 0 Å². The molecule has 0 aliphatic heterocycles. The van der Waals surface area contributed by atoms with Gasteiger partial charge in [-0.15, -0.1) is 5.73 Å². The fourth-order valence-corrected chi connectivity index (χ4v) is 5.24. The second-order valence-electron chi connectivity index (χ2n) is 10.2. The molecule has 1 saturated carbocycles. The number of imidazole rings is 1. The van der Waals surface area contributed by atoms with Crippen LogP contribution in [0.15, 0.2) is 71.7 Å². The number of para-hydroxylation sites is 1. The number of carbonyl (C=O) groups is 2. The Morgan fingerprint density at radius 2 is 2.11 bits per heavy atom. The second-order valence-corrected chi connectivity index (χ2v) is 11.3. The fourth-order valence-electron chi connectivity index (χ4n) is 4.37. The van der Waals surface area contributed by atoms with Crippen LogP contribution in [0.4, 0.5) is 0 Å². The summed E-state index contributed by atoms with van der Waals surface area (Å²) in [4.78, 5) is 34.4. The van der Waals surface area contributed by atoms with Crippen LogP contribution in [0.1, 0.15) is 37.1 Å². The van der Waals surface area contributed by atoms with Crippen LogP contribution in [-0.2, 0) is 20.1 Å². The molecule has 2 aromatic rings. The molecule has 0 unspecified atom stereocenters. The standard InChI is InChI=1S/C23H28O6.C10H16N6S/c1-28-23(27)12-8-3-2-7-11-19-20(22(26)15-21(19)25)14-13-17(24)16-29-18-9-5-4-6-10-18;1-8-9(16-7-15-8)5-17-4-3-13-10(12-2)14-6-11/h3-7,9-10,13-14,17,19-20,22,24,26H,8,11-12,15-16H2,1H3;7H,3-5H2,1-2H3,(H,15,16)(H2,12,13,14)/b14-13+;/t2?,17-,19-,20-,22-;/m1./s1. The predicted octanol–water partition coefficient (Wildman–Crippen LogP) is 3.20. The number of H-pyrrole nitrogens is 1. The SMILES string of the molecule is CN=C(NC#N)NCCSCc1nc[nH]c1C.COC(=O)CCC=C=CC[C@H]1C(=O)C[C@@H](O)[C@@H]1/C=C/[C@@H](O)COc1ccccc1. The van der Waals surface area contributed by atoms with Crippen molar-refractivity contribution in [2.75, 3.05) is 33.1 Å². The quantitative estimate of drug-likeness (QED) is 0.0279. The monoisotopic (exact) mass is 652 g/mol. The number of methoxy groups -OCH3 is 1. The Morgan fingerprint density at radius 3 is 2.78 bits per heavy atom. The third-order valence-corrected chi connectivity index (χ3v) is 7.86. The minimum Gasteiger partial charge on any atom is -0.491 e. The van der Waals surface area contributed by atoms with Crippen molar-refractivity contribution < 1.29 is 29.3 Å². The molecule has 0 bridgehead atoms. The van der Waals surface area contributed by atoms with Gasteiger partial charge in [0, 0.05) is 55.5 Å². The third-order valence-electron chi connectivity index (χ3n) is 6.89. The summed E-state index contributed by atoms with van der Waals surface area (Å²) in [5.74, 6) is 1.99. The van der Waals surface area contributed by atoms with Gasteiger partial charge in [-0.25, -0.2) is 4.98 Å². The summed E-state index contributed by atoms with van der Waals surface area (Å²) >= 11 is 1.79. The van der Waals surface area contributed by atoms with Crippen molar-refractivity contribution >= 4 is 29.5 Å². The number of Topliss-reactive ketones (excluding diaryl/α,β-unsaturated/α-hetero) is 1. The fraction of sp³-hybridized carbons (Fsp3) is 0.455. The van der Waals surface area contributed by atoms with Crippen LogP contribution in [0.25, 0.3) is 0 Å². The zero-order chi connectivity index (χ0) is 33.6. The largest absolute Gasteiger partial charge is 0.491 e. The van der Waals surface area contributed by atoms with Crippen LogP contribution < -0.4 is 15.4 Å². The van der Waals surface area contributed by atoms with E-state index in [9.17, 15) is 19.8 Å². The number of rotatable bonds is 15. The van der Waals surface area contributed by atoms with Crippen molar-refractivity contribution in [3.05, 3.63) is 78.1 Å². The smallest absolute Gasteiger partial charge is 0.305 e. The number of aliphatic hydroxyl groups is 2. The lowest BCUT2D eigenvalue weighted by Gasteiger charge is -2.16. The zero-order valence-corrected chi connectivity index (χ0v) is 27.3. The topological polar surface area (TPSA) is 182 Å². The molecule has 1 aromatic heterocycles. The van der Waals surface area contributed by atoms with Crippen LogP contribution >= 0.6 is 11.8 Å². The van der Waals surface area contributed by atoms with E-state index in [1.165, 1.54) is 7.11 Å². The van der Waals surface area contributed by atoms with Crippen molar-refractivity contribution in [3.63, 3.8) is 0 Å². The Morgan fingerprint density at radius 1 is 1.33 bits per heavy atom. The van der Waals surface area contributed by atoms with E-state index in [0.29, 0.717) is 24.6 Å². The number of ketones is 1. The summed E-state index contributed by atoms with van der Waals surface area (Å²) < 4.78 is 10.1. The number of allylic oxidation sites excluding steroid dienone is 1. The Bertz CT molecular complexity index is 1370. The molecule has 0 spiro atoms. The highest BCUT2D eigenvalue weighted by molar-refractivity contribution is 7.98. The molecule has 0 saturated heterocycles. The van der Waals surface area contributed by atoms with Crippen LogP contribution in [-0.4, -0.2) is 83.2 Å². The Hall–Kier alpha value is -4.34. The van der Waals surface area contributed by atoms with Gasteiger partial charge >= 0.3 is 5.97 Å². The molecule has 0 radical (unpaired) electrons. The first-order valence-corrected chi connectivity index (χ1v) is 16.1. The number of aromatic nitrogens is 2. The maximum Gasteiger partial charge on any atom is 0.305 e. The van der Waals surface area contributed by atoms with Crippen molar-refractivity contribution in [1.29, 1.82) is 5.26 Å². The number of guanidine groups is 1. The molecule has 46 heavy (non-hydrogen) atoms. The molecule has 248 valence electrons. The van der Waals surface area contributed by atoms with E-state index < -0.39 is 12.2 Å². The second kappa shape index (κ2) is 22.2. The van der Waals surface area contributed by atoms with Gasteiger partial charge in [0.05, 0.1) is 25.2 Å². The van der Waals surface area contributed by atoms with Crippen LogP contribution in [0, 0.1) is 30.2 Å². The number of nitrogens with zero attached hydrogens (tertiary/aromatic N) is 3. The minimum absolute atomic E-state index is 0.00483. The number of nitriles is 1. The maximum atomic E-state index is 12.2. The molecule has 3 rings (SSSR count). The van der Waals surface area contributed by atoms with Gasteiger partial charge in [0.25, 0.3) is 0 Å². The molecule has 0 amide bonds. The molecule has 4 atom stereocenters. The summed E-state index contributed by atoms with van der Waals surface area (Å²) in [5, 5.41) is 34.2. The molecule has 1 fully saturated rings. The number of hydrogen-bond acceptors (Lipinski definition) is 10. The highest BCUT2D eigenvalue weighted by Gasteiger charge is 2.39. The van der Waals surface area contributed by atoms with E-state index in [4.69, 9.17) is 10.00 Å². The number of nitrogens with one attached hydrogen (secondary N) is 3. The van der Waals surface area contributed by atoms with E-state index in [1.807, 2.05) is 31.3 Å². The number of ether oxygens (including phenoxy) is 2. The van der Waals surface area contributed by atoms with Crippen molar-refractivity contribution in [2.24, 2.45) is 16.8 Å². The average molecular weight is 653 g/mol. The van der Waals surface area contributed by atoms with E-state index in [1.54, 1.807) is 61.6 Å². The van der Waals surface area contributed by atoms with Gasteiger partial charge in [0.15, 0.2) is 6.19 Å². The number of aryl methyl sites for hydroxylation is 1. The molecule has 1 aliphatic rings. The first-order chi connectivity index (χ1) is 22.3. The Balaban J connectivity index is 0.000000368. The summed E-state index contributed by atoms with van der Waals surface area (Å²) in [5.41, 5.74) is 5.18. The minimum atomic E-state index is -0.840. The number of esters is 1. The molecule has 1 aliphatic carbocycles. The van der Waals surface area contributed by atoms with E-state index in [-0.39, 0.29) is 43.0 Å². The molecule has 1 aromatic carbocycles. The lowest BCUT2D eigenvalue weighted by molar-refractivity contribution is -0.140. The Kier molecular flexibility index (Phi) is 18.3. The number of aliphatic imine (C=N–C) groups is 1. The normalized spacial score (nSPS) is 18.0. The van der Waals surface area contributed by atoms with Gasteiger partial charge in [0.1, 0.15) is 24.2 Å². The Labute approximate surface area is 274 Å². The third kappa shape index (κ3) is 14.6. The summed E-state index contributed by atoms with van der Waals surface area (Å²) in [7, 11) is 2.98. The van der Waals surface area contributed by atoms with E-state index >= 15 is 0 Å². The zero-order valence-electron chi connectivity index (χ0n) is 26.5. The van der Waals surface area contributed by atoms with Crippen molar-refractivity contribution in [3.8, 4) is 11.9 Å². The van der Waals surface area contributed by atoms with Crippen LogP contribution in [0.5, 0.6) is 5.75 Å². The van der Waals surface area contributed by atoms with Crippen molar-refractivity contribution in [2.45, 2.75) is 50.6 Å². The molecule has 5 N–H and O–H groups in total. The summed E-state index contributed by atoms with van der Waals surface area (Å²) in [6.07, 6.45) is 10.0. The lowest BCUT2D eigenvalue weighted by Crippen LogP contribution is -2.35. The summed E-state index contributed by atoms with van der Waals surface area (Å²) in [6.45, 7) is 2.86. The van der Waals surface area contributed by atoms with Gasteiger partial charge < -0.3 is 30.0 Å². The first-order valence-electron chi connectivity index (χ1n) is 14.9. The van der Waals surface area contributed by atoms with Gasteiger partial charge in [0.2, 0.25) is 5.96 Å². The van der Waals surface area contributed by atoms with E-state index in [0.717, 1.165) is 29.4 Å². The van der Waals surface area contributed by atoms with Gasteiger partial charge in [-0.1, -0.05) is 30.4 Å². The van der Waals surface area contributed by atoms with Gasteiger partial charge in [-0.05, 0) is 44.1 Å². The van der Waals surface area contributed by atoms with Crippen molar-refractivity contribution in [1.82, 2.24) is 20.6 Å². The number of aromatic amines is 1. The van der Waals surface area contributed by atoms with Gasteiger partial charge in [-0.2, -0.15) is 17.0 Å². The molecule has 12 nitrogen and oxygen atoms in total. The maximum absolute atomic E-state index is 12.2. The molecule has 13 heteroatoms. The number of carbonyl (C=O) groups excluding carboxylic acids is 2. The van der Waals surface area contributed by atoms with Gasteiger partial charge in [-0.3, -0.25) is 19.9 Å². The molecular formula is C33H44N6O6S. The highest BCUT2D eigenvalue weighted by Crippen LogP contribution is 2.33. The number of benzene rings is 1.